The minimum absolute atomic E-state index is 0.0500. The van der Waals surface area contributed by atoms with Gasteiger partial charge >= 0.3 is 0 Å². The Hall–Kier alpha value is -2.76. The molecule has 0 atom stereocenters. The van der Waals surface area contributed by atoms with Crippen LogP contribution in [0.4, 0.5) is 4.39 Å². The van der Waals surface area contributed by atoms with Crippen molar-refractivity contribution in [2.75, 3.05) is 13.1 Å². The fourth-order valence-electron chi connectivity index (χ4n) is 3.86. The van der Waals surface area contributed by atoms with E-state index in [0.29, 0.717) is 11.6 Å². The summed E-state index contributed by atoms with van der Waals surface area (Å²) in [4.78, 5) is 14.7. The molecule has 0 spiro atoms. The summed E-state index contributed by atoms with van der Waals surface area (Å²) in [6.45, 7) is 2.24. The van der Waals surface area contributed by atoms with Crippen LogP contribution in [0.5, 0.6) is 0 Å². The van der Waals surface area contributed by atoms with E-state index >= 15 is 0 Å². The molecule has 1 heterocycles. The number of nitrogens with one attached hydrogen (secondary N) is 1. The van der Waals surface area contributed by atoms with E-state index in [0.717, 1.165) is 47.8 Å². The van der Waals surface area contributed by atoms with E-state index in [2.05, 4.69) is 27.6 Å². The van der Waals surface area contributed by atoms with E-state index in [1.807, 2.05) is 30.3 Å². The number of benzene rings is 3. The maximum atomic E-state index is 13.2. The third kappa shape index (κ3) is 4.86. The van der Waals surface area contributed by atoms with Crippen LogP contribution in [0.15, 0.2) is 65.8 Å². The molecule has 3 aromatic carbocycles. The quantitative estimate of drug-likeness (QED) is 0.464. The third-order valence-corrected chi connectivity index (χ3v) is 5.92. The van der Waals surface area contributed by atoms with E-state index < -0.39 is 0 Å². The van der Waals surface area contributed by atoms with Gasteiger partial charge in [-0.3, -0.25) is 9.69 Å². The summed E-state index contributed by atoms with van der Waals surface area (Å²) < 4.78 is 13.2. The summed E-state index contributed by atoms with van der Waals surface area (Å²) >= 11 is 6.13. The van der Waals surface area contributed by atoms with E-state index in [4.69, 9.17) is 11.6 Å². The first kappa shape index (κ1) is 20.5. The summed E-state index contributed by atoms with van der Waals surface area (Å²) in [5.74, 6) is -0.441. The van der Waals surface area contributed by atoms with E-state index in [1.54, 1.807) is 12.3 Å². The van der Waals surface area contributed by atoms with Crippen LogP contribution in [-0.4, -0.2) is 30.1 Å². The van der Waals surface area contributed by atoms with Gasteiger partial charge in [-0.15, -0.1) is 0 Å². The van der Waals surface area contributed by atoms with Gasteiger partial charge in [-0.2, -0.15) is 5.10 Å². The van der Waals surface area contributed by atoms with Crippen LogP contribution >= 0.6 is 11.6 Å². The third-order valence-electron chi connectivity index (χ3n) is 5.57. The molecule has 4 nitrogen and oxygen atoms in total. The second kappa shape index (κ2) is 9.37. The average Bonchev–Trinajstić information content (AvgIpc) is 2.76. The van der Waals surface area contributed by atoms with Crippen molar-refractivity contribution in [2.24, 2.45) is 11.0 Å². The lowest BCUT2D eigenvalue weighted by molar-refractivity contribution is -0.126. The molecule has 4 rings (SSSR count). The predicted molar refractivity (Wildman–Crippen MR) is 119 cm³/mol. The maximum absolute atomic E-state index is 13.2. The molecule has 1 aliphatic rings. The van der Waals surface area contributed by atoms with Crippen molar-refractivity contribution in [1.29, 1.82) is 0 Å². The van der Waals surface area contributed by atoms with Crippen LogP contribution in [-0.2, 0) is 11.3 Å². The number of hydrazone groups is 1. The molecule has 1 saturated heterocycles. The Morgan fingerprint density at radius 2 is 1.90 bits per heavy atom. The molecule has 0 bridgehead atoms. The zero-order valence-electron chi connectivity index (χ0n) is 16.5. The first-order valence-electron chi connectivity index (χ1n) is 10.1. The fourth-order valence-corrected chi connectivity index (χ4v) is 4.09. The molecular weight excluding hydrogens is 401 g/mol. The number of carbonyl (C=O) groups is 1. The van der Waals surface area contributed by atoms with Gasteiger partial charge in [0.05, 0.1) is 6.21 Å². The number of nitrogens with zero attached hydrogens (tertiary/aromatic N) is 2. The standard InChI is InChI=1S/C24H23ClFN3O/c25-23-14-21(26)9-8-20(23)16-29-12-10-18(11-13-29)24(30)28-27-15-19-6-3-5-17-4-1-2-7-22(17)19/h1-9,14-15,18H,10-13,16H2,(H,28,30)/b27-15-. The molecular formula is C24H23ClFN3O. The van der Waals surface area contributed by atoms with Crippen molar-refractivity contribution in [3.63, 3.8) is 0 Å². The van der Waals surface area contributed by atoms with Gasteiger partial charge in [0.1, 0.15) is 5.82 Å². The second-order valence-corrected chi connectivity index (χ2v) is 8.00. The van der Waals surface area contributed by atoms with Crippen LogP contribution < -0.4 is 5.43 Å². The summed E-state index contributed by atoms with van der Waals surface area (Å²) in [5, 5.41) is 6.87. The summed E-state index contributed by atoms with van der Waals surface area (Å²) in [7, 11) is 0. The number of rotatable bonds is 5. The van der Waals surface area contributed by atoms with Crippen molar-refractivity contribution < 1.29 is 9.18 Å². The van der Waals surface area contributed by atoms with Crippen LogP contribution in [0.1, 0.15) is 24.0 Å². The topological polar surface area (TPSA) is 44.7 Å². The SMILES string of the molecule is O=C(N/N=C\c1cccc2ccccc12)C1CCN(Cc2ccc(F)cc2Cl)CC1. The first-order valence-corrected chi connectivity index (χ1v) is 10.4. The molecule has 0 unspecified atom stereocenters. The van der Waals surface area contributed by atoms with E-state index in [1.165, 1.54) is 12.1 Å². The lowest BCUT2D eigenvalue weighted by atomic mass is 9.96. The van der Waals surface area contributed by atoms with Gasteiger partial charge in [-0.25, -0.2) is 9.82 Å². The van der Waals surface area contributed by atoms with Crippen molar-refractivity contribution in [3.05, 3.63) is 82.6 Å². The highest BCUT2D eigenvalue weighted by atomic mass is 35.5. The molecule has 0 radical (unpaired) electrons. The van der Waals surface area contributed by atoms with E-state index in [-0.39, 0.29) is 17.6 Å². The highest BCUT2D eigenvalue weighted by molar-refractivity contribution is 6.31. The largest absolute Gasteiger partial charge is 0.299 e. The first-order chi connectivity index (χ1) is 14.6. The molecule has 1 fully saturated rings. The van der Waals surface area contributed by atoms with Crippen molar-refractivity contribution in [1.82, 2.24) is 10.3 Å². The van der Waals surface area contributed by atoms with Crippen LogP contribution in [0.3, 0.4) is 0 Å². The summed E-state index contributed by atoms with van der Waals surface area (Å²) in [6, 6.07) is 18.6. The van der Waals surface area contributed by atoms with Gasteiger partial charge in [0.2, 0.25) is 5.91 Å². The van der Waals surface area contributed by atoms with Gasteiger partial charge in [-0.1, -0.05) is 60.1 Å². The van der Waals surface area contributed by atoms with Gasteiger partial charge in [0, 0.05) is 23.0 Å². The van der Waals surface area contributed by atoms with Gasteiger partial charge in [0.15, 0.2) is 0 Å². The minimum Gasteiger partial charge on any atom is -0.299 e. The van der Waals surface area contributed by atoms with E-state index in [9.17, 15) is 9.18 Å². The Labute approximate surface area is 180 Å². The van der Waals surface area contributed by atoms with Crippen molar-refractivity contribution in [3.8, 4) is 0 Å². The predicted octanol–water partition coefficient (Wildman–Crippen LogP) is 4.99. The number of hydrogen-bond donors (Lipinski definition) is 1. The number of halogens is 2. The Bertz CT molecular complexity index is 1070. The molecule has 30 heavy (non-hydrogen) atoms. The molecule has 0 aliphatic carbocycles. The number of likely N-dealkylation sites (tertiary alicyclic amines) is 1. The van der Waals surface area contributed by atoms with Crippen LogP contribution in [0.25, 0.3) is 10.8 Å². The number of piperidine rings is 1. The lowest BCUT2D eigenvalue weighted by Gasteiger charge is -2.31. The molecule has 0 saturated carbocycles. The van der Waals surface area contributed by atoms with Gasteiger partial charge in [0.25, 0.3) is 0 Å². The fraction of sp³-hybridized carbons (Fsp3) is 0.250. The highest BCUT2D eigenvalue weighted by Crippen LogP contribution is 2.23. The van der Waals surface area contributed by atoms with Crippen LogP contribution in [0, 0.1) is 11.7 Å². The lowest BCUT2D eigenvalue weighted by Crippen LogP contribution is -2.39. The minimum atomic E-state index is -0.330. The Morgan fingerprint density at radius 1 is 1.13 bits per heavy atom. The monoisotopic (exact) mass is 423 g/mol. The zero-order chi connectivity index (χ0) is 20.9. The Morgan fingerprint density at radius 3 is 2.70 bits per heavy atom. The highest BCUT2D eigenvalue weighted by Gasteiger charge is 2.25. The number of hydrogen-bond acceptors (Lipinski definition) is 3. The molecule has 1 aliphatic heterocycles. The van der Waals surface area contributed by atoms with Crippen LogP contribution in [0.2, 0.25) is 5.02 Å². The number of carbonyl (C=O) groups excluding carboxylic acids is 1. The smallest absolute Gasteiger partial charge is 0.243 e. The number of fused-ring (bicyclic) bond motifs is 1. The second-order valence-electron chi connectivity index (χ2n) is 7.59. The molecule has 1 N–H and O–H groups in total. The molecule has 154 valence electrons. The molecule has 6 heteroatoms. The van der Waals surface area contributed by atoms with Crippen molar-refractivity contribution >= 4 is 34.5 Å². The Balaban J connectivity index is 1.29. The average molecular weight is 424 g/mol. The number of amides is 1. The maximum Gasteiger partial charge on any atom is 0.243 e. The summed E-state index contributed by atoms with van der Waals surface area (Å²) in [5.41, 5.74) is 4.57. The molecule has 1 amide bonds. The van der Waals surface area contributed by atoms with Gasteiger partial charge < -0.3 is 0 Å². The Kier molecular flexibility index (Phi) is 6.41. The summed E-state index contributed by atoms with van der Waals surface area (Å²) in [6.07, 6.45) is 3.22. The molecule has 3 aromatic rings. The normalized spacial score (nSPS) is 15.7. The van der Waals surface area contributed by atoms with Gasteiger partial charge in [-0.05, 0) is 54.4 Å². The zero-order valence-corrected chi connectivity index (χ0v) is 17.3. The molecule has 0 aromatic heterocycles. The van der Waals surface area contributed by atoms with Crippen molar-refractivity contribution in [2.45, 2.75) is 19.4 Å².